The van der Waals surface area contributed by atoms with Crippen molar-refractivity contribution in [2.45, 2.75) is 96.8 Å². The molecule has 0 bridgehead atoms. The van der Waals surface area contributed by atoms with Crippen LogP contribution in [0.25, 0.3) is 0 Å². The van der Waals surface area contributed by atoms with Gasteiger partial charge in [0.25, 0.3) is 0 Å². The molecule has 0 unspecified atom stereocenters. The number of ether oxygens (including phenoxy) is 2. The van der Waals surface area contributed by atoms with Gasteiger partial charge in [-0.25, -0.2) is 0 Å². The Kier molecular flexibility index (Phi) is 15.6. The minimum absolute atomic E-state index is 0.0791. The number of esters is 2. The Morgan fingerprint density at radius 2 is 1.23 bits per heavy atom. The molecule has 170 valence electrons. The largest absolute Gasteiger partial charge is 0.466 e. The van der Waals surface area contributed by atoms with Crippen LogP contribution in [0, 0.1) is 0 Å². The first-order valence-corrected chi connectivity index (χ1v) is 12.1. The summed E-state index contributed by atoms with van der Waals surface area (Å²) in [5.74, 6) is -0.170. The molecule has 0 aliphatic carbocycles. The van der Waals surface area contributed by atoms with Crippen molar-refractivity contribution in [2.24, 2.45) is 0 Å². The van der Waals surface area contributed by atoms with Crippen LogP contribution in [0.2, 0.25) is 10.0 Å². The molecule has 0 aromatic heterocycles. The van der Waals surface area contributed by atoms with Crippen LogP contribution >= 0.6 is 23.2 Å². The van der Waals surface area contributed by atoms with Crippen molar-refractivity contribution in [3.63, 3.8) is 0 Å². The predicted molar refractivity (Wildman–Crippen MR) is 123 cm³/mol. The number of hydrogen-bond acceptors (Lipinski definition) is 4. The Labute approximate surface area is 191 Å². The van der Waals surface area contributed by atoms with E-state index in [0.29, 0.717) is 29.5 Å². The highest BCUT2D eigenvalue weighted by Gasteiger charge is 2.11. The minimum atomic E-state index is -0.321. The van der Waals surface area contributed by atoms with Gasteiger partial charge in [-0.1, -0.05) is 94.0 Å². The molecule has 0 saturated heterocycles. The van der Waals surface area contributed by atoms with E-state index in [2.05, 4.69) is 6.92 Å². The Morgan fingerprint density at radius 3 is 1.83 bits per heavy atom. The van der Waals surface area contributed by atoms with E-state index in [1.807, 2.05) is 0 Å². The molecule has 0 N–H and O–H groups in total. The van der Waals surface area contributed by atoms with Gasteiger partial charge in [-0.05, 0) is 31.4 Å². The highest BCUT2D eigenvalue weighted by Crippen LogP contribution is 2.32. The Bertz CT molecular complexity index is 599. The van der Waals surface area contributed by atoms with Gasteiger partial charge in [0, 0.05) is 12.8 Å². The number of unbranched alkanes of at least 4 members (excludes halogenated alkanes) is 10. The molecule has 0 radical (unpaired) electrons. The summed E-state index contributed by atoms with van der Waals surface area (Å²) >= 11 is 12.0. The first kappa shape index (κ1) is 26.8. The van der Waals surface area contributed by atoms with Crippen LogP contribution in [0.3, 0.4) is 0 Å². The first-order chi connectivity index (χ1) is 14.5. The maximum atomic E-state index is 11.9. The third-order valence-corrected chi connectivity index (χ3v) is 5.50. The van der Waals surface area contributed by atoms with Gasteiger partial charge >= 0.3 is 11.9 Å². The van der Waals surface area contributed by atoms with Crippen LogP contribution in [-0.2, 0) is 14.3 Å². The molecule has 30 heavy (non-hydrogen) atoms. The quantitative estimate of drug-likeness (QED) is 0.135. The van der Waals surface area contributed by atoms with Crippen molar-refractivity contribution in [2.75, 3.05) is 6.61 Å². The summed E-state index contributed by atoms with van der Waals surface area (Å²) in [6.45, 7) is 2.76. The van der Waals surface area contributed by atoms with Crippen molar-refractivity contribution < 1.29 is 19.1 Å². The van der Waals surface area contributed by atoms with Gasteiger partial charge in [0.2, 0.25) is 0 Å². The van der Waals surface area contributed by atoms with Gasteiger partial charge in [-0.15, -0.1) is 0 Å². The summed E-state index contributed by atoms with van der Waals surface area (Å²) in [6, 6.07) is 4.98. The molecular formula is C24H36Cl2O4. The van der Waals surface area contributed by atoms with Gasteiger partial charge in [0.15, 0.2) is 5.75 Å². The minimum Gasteiger partial charge on any atom is -0.466 e. The molecule has 0 aliphatic rings. The zero-order valence-corrected chi connectivity index (χ0v) is 19.7. The highest BCUT2D eigenvalue weighted by atomic mass is 35.5. The first-order valence-electron chi connectivity index (χ1n) is 11.3. The van der Waals surface area contributed by atoms with Crippen molar-refractivity contribution in [1.29, 1.82) is 0 Å². The predicted octanol–water partition coefficient (Wildman–Crippen LogP) is 7.92. The van der Waals surface area contributed by atoms with E-state index < -0.39 is 0 Å². The van der Waals surface area contributed by atoms with E-state index in [1.165, 1.54) is 25.7 Å². The summed E-state index contributed by atoms with van der Waals surface area (Å²) in [7, 11) is 0. The van der Waals surface area contributed by atoms with E-state index in [4.69, 9.17) is 32.7 Å². The van der Waals surface area contributed by atoms with Crippen LogP contribution in [-0.4, -0.2) is 18.5 Å². The van der Waals surface area contributed by atoms with E-state index in [0.717, 1.165) is 51.4 Å². The summed E-state index contributed by atoms with van der Waals surface area (Å²) in [5, 5.41) is 0.669. The third kappa shape index (κ3) is 13.1. The zero-order valence-electron chi connectivity index (χ0n) is 18.2. The molecular weight excluding hydrogens is 423 g/mol. The molecule has 1 aromatic rings. The average Bonchev–Trinajstić information content (AvgIpc) is 2.72. The molecule has 1 aromatic carbocycles. The molecule has 0 saturated carbocycles. The molecule has 0 amide bonds. The lowest BCUT2D eigenvalue weighted by atomic mass is 10.1. The smallest absolute Gasteiger partial charge is 0.311 e. The second-order valence-corrected chi connectivity index (χ2v) is 8.45. The van der Waals surface area contributed by atoms with E-state index in [9.17, 15) is 9.59 Å². The molecule has 0 heterocycles. The van der Waals surface area contributed by atoms with Crippen LogP contribution in [0.4, 0.5) is 0 Å². The van der Waals surface area contributed by atoms with Crippen LogP contribution in [0.5, 0.6) is 5.75 Å². The second kappa shape index (κ2) is 17.4. The number of hydrogen-bond donors (Lipinski definition) is 0. The standard InChI is InChI=1S/C24H36Cl2O4/c1-2-3-4-5-10-13-19-29-22(27)17-11-8-6-7-9-12-18-23(28)30-24-20(25)15-14-16-21(24)26/h14-16H,2-13,17-19H2,1H3. The number of rotatable bonds is 17. The van der Waals surface area contributed by atoms with Crippen molar-refractivity contribution in [1.82, 2.24) is 0 Å². The SMILES string of the molecule is CCCCCCCCOC(=O)CCCCCCCCC(=O)Oc1c(Cl)cccc1Cl. The Hall–Kier alpha value is -1.26. The highest BCUT2D eigenvalue weighted by molar-refractivity contribution is 6.37. The van der Waals surface area contributed by atoms with Gasteiger partial charge in [-0.3, -0.25) is 9.59 Å². The number of para-hydroxylation sites is 1. The van der Waals surface area contributed by atoms with Gasteiger partial charge in [0.1, 0.15) is 0 Å². The molecule has 1 rings (SSSR count). The summed E-state index contributed by atoms with van der Waals surface area (Å²) in [5.41, 5.74) is 0. The average molecular weight is 459 g/mol. The van der Waals surface area contributed by atoms with Crippen LogP contribution in [0.1, 0.15) is 96.8 Å². The fraction of sp³-hybridized carbons (Fsp3) is 0.667. The van der Waals surface area contributed by atoms with Gasteiger partial charge < -0.3 is 9.47 Å². The van der Waals surface area contributed by atoms with E-state index in [-0.39, 0.29) is 17.7 Å². The lowest BCUT2D eigenvalue weighted by Crippen LogP contribution is -2.08. The third-order valence-electron chi connectivity index (χ3n) is 4.91. The zero-order chi connectivity index (χ0) is 22.0. The normalized spacial score (nSPS) is 10.8. The maximum absolute atomic E-state index is 11.9. The van der Waals surface area contributed by atoms with E-state index in [1.54, 1.807) is 18.2 Å². The number of halogens is 2. The maximum Gasteiger partial charge on any atom is 0.311 e. The Balaban J connectivity index is 1.93. The number of benzene rings is 1. The molecule has 0 atom stereocenters. The lowest BCUT2D eigenvalue weighted by molar-refractivity contribution is -0.144. The molecule has 4 nitrogen and oxygen atoms in total. The molecule has 0 spiro atoms. The monoisotopic (exact) mass is 458 g/mol. The van der Waals surface area contributed by atoms with Crippen molar-refractivity contribution in [3.05, 3.63) is 28.2 Å². The fourth-order valence-corrected chi connectivity index (χ4v) is 3.61. The summed E-state index contributed by atoms with van der Waals surface area (Å²) in [4.78, 5) is 23.6. The second-order valence-electron chi connectivity index (χ2n) is 7.63. The van der Waals surface area contributed by atoms with Crippen molar-refractivity contribution >= 4 is 35.1 Å². The molecule has 0 aliphatic heterocycles. The molecule has 6 heteroatoms. The summed E-state index contributed by atoms with van der Waals surface area (Å²) in [6.07, 6.45) is 13.7. The Morgan fingerprint density at radius 1 is 0.733 bits per heavy atom. The van der Waals surface area contributed by atoms with Gasteiger partial charge in [-0.2, -0.15) is 0 Å². The molecule has 0 fully saturated rings. The number of carbonyl (C=O) groups is 2. The van der Waals surface area contributed by atoms with Crippen molar-refractivity contribution in [3.8, 4) is 5.75 Å². The number of carbonyl (C=O) groups excluding carboxylic acids is 2. The summed E-state index contributed by atoms with van der Waals surface area (Å²) < 4.78 is 10.5. The van der Waals surface area contributed by atoms with E-state index >= 15 is 0 Å². The van der Waals surface area contributed by atoms with Gasteiger partial charge in [0.05, 0.1) is 16.7 Å². The van der Waals surface area contributed by atoms with Crippen LogP contribution in [0.15, 0.2) is 18.2 Å². The fourth-order valence-electron chi connectivity index (χ4n) is 3.13. The topological polar surface area (TPSA) is 52.6 Å². The lowest BCUT2D eigenvalue weighted by Gasteiger charge is -2.08. The van der Waals surface area contributed by atoms with Crippen LogP contribution < -0.4 is 4.74 Å².